The Morgan fingerprint density at radius 3 is 2.57 bits per heavy atom. The number of hydrogen-bond donors (Lipinski definition) is 3. The molecule has 0 aliphatic heterocycles. The maximum absolute atomic E-state index is 13.5. The van der Waals surface area contributed by atoms with Gasteiger partial charge in [0.1, 0.15) is 5.82 Å². The Hall–Kier alpha value is -1.18. The average Bonchev–Trinajstić information content (AvgIpc) is 2.42. The van der Waals surface area contributed by atoms with Crippen LogP contribution in [0.4, 0.5) is 4.39 Å². The molecule has 0 unspecified atom stereocenters. The molecule has 5 nitrogen and oxygen atoms in total. The van der Waals surface area contributed by atoms with E-state index in [0.717, 1.165) is 0 Å². The fraction of sp³-hybridized carbons (Fsp3) is 0.385. The minimum absolute atomic E-state index is 0. The van der Waals surface area contributed by atoms with Crippen LogP contribution in [0.25, 0.3) is 0 Å². The van der Waals surface area contributed by atoms with Gasteiger partial charge in [-0.2, -0.15) is 0 Å². The predicted molar refractivity (Wildman–Crippen MR) is 84.7 cm³/mol. The van der Waals surface area contributed by atoms with Gasteiger partial charge in [0.05, 0.1) is 13.1 Å². The zero-order valence-electron chi connectivity index (χ0n) is 11.3. The molecule has 0 radical (unpaired) electrons. The van der Waals surface area contributed by atoms with E-state index in [2.05, 4.69) is 26.6 Å². The van der Waals surface area contributed by atoms with Gasteiger partial charge >= 0.3 is 0 Å². The van der Waals surface area contributed by atoms with Crippen molar-refractivity contribution in [1.29, 1.82) is 0 Å². The Bertz CT molecular complexity index is 488. The molecule has 0 saturated carbocycles. The van der Waals surface area contributed by atoms with Crippen LogP contribution in [0, 0.1) is 5.82 Å². The van der Waals surface area contributed by atoms with Crippen LogP contribution in [0.5, 0.6) is 0 Å². The molecular formula is C13H18BrClFN3O2. The van der Waals surface area contributed by atoms with E-state index >= 15 is 0 Å². The summed E-state index contributed by atoms with van der Waals surface area (Å²) < 4.78 is 14.2. The van der Waals surface area contributed by atoms with Gasteiger partial charge in [0.25, 0.3) is 0 Å². The van der Waals surface area contributed by atoms with Crippen LogP contribution in [-0.2, 0) is 16.0 Å². The minimum atomic E-state index is -0.378. The quantitative estimate of drug-likeness (QED) is 0.618. The first-order valence-electron chi connectivity index (χ1n) is 6.20. The smallest absolute Gasteiger partial charge is 0.239 e. The van der Waals surface area contributed by atoms with Crippen molar-refractivity contribution in [2.45, 2.75) is 12.8 Å². The van der Waals surface area contributed by atoms with E-state index in [-0.39, 0.29) is 43.1 Å². The standard InChI is InChI=1S/C13H17BrFN3O2.ClH/c14-10-4-3-9(11(15)6-10)2-1-5-17-13(20)8-18-12(19)7-16;/h3-4,6H,1-2,5,7-8,16H2,(H,17,20)(H,18,19);1H. The molecule has 118 valence electrons. The second-order valence-corrected chi connectivity index (χ2v) is 5.09. The van der Waals surface area contributed by atoms with E-state index < -0.39 is 0 Å². The highest BCUT2D eigenvalue weighted by Crippen LogP contribution is 2.16. The number of carbonyl (C=O) groups excluding carboxylic acids is 2. The largest absolute Gasteiger partial charge is 0.355 e. The summed E-state index contributed by atoms with van der Waals surface area (Å²) in [5.41, 5.74) is 5.70. The summed E-state index contributed by atoms with van der Waals surface area (Å²) >= 11 is 3.19. The first-order valence-corrected chi connectivity index (χ1v) is 6.99. The van der Waals surface area contributed by atoms with E-state index in [4.69, 9.17) is 5.73 Å². The highest BCUT2D eigenvalue weighted by molar-refractivity contribution is 9.10. The lowest BCUT2D eigenvalue weighted by atomic mass is 10.1. The maximum Gasteiger partial charge on any atom is 0.239 e. The number of aryl methyl sites for hydroxylation is 1. The second kappa shape index (κ2) is 10.5. The van der Waals surface area contributed by atoms with Gasteiger partial charge in [-0.15, -0.1) is 12.4 Å². The van der Waals surface area contributed by atoms with Gasteiger partial charge in [0.2, 0.25) is 11.8 Å². The number of halogens is 3. The summed E-state index contributed by atoms with van der Waals surface area (Å²) in [4.78, 5) is 22.2. The molecule has 21 heavy (non-hydrogen) atoms. The molecule has 0 spiro atoms. The van der Waals surface area contributed by atoms with Crippen LogP contribution in [0.15, 0.2) is 22.7 Å². The lowest BCUT2D eigenvalue weighted by Gasteiger charge is -2.07. The third kappa shape index (κ3) is 7.99. The zero-order valence-corrected chi connectivity index (χ0v) is 13.7. The fourth-order valence-corrected chi connectivity index (χ4v) is 1.88. The van der Waals surface area contributed by atoms with E-state index in [1.165, 1.54) is 6.07 Å². The van der Waals surface area contributed by atoms with E-state index in [9.17, 15) is 14.0 Å². The number of nitrogens with one attached hydrogen (secondary N) is 2. The average molecular weight is 383 g/mol. The molecule has 0 aliphatic rings. The first-order chi connectivity index (χ1) is 9.52. The first kappa shape index (κ1) is 19.8. The summed E-state index contributed by atoms with van der Waals surface area (Å²) in [5.74, 6) is -0.930. The van der Waals surface area contributed by atoms with Crippen molar-refractivity contribution in [3.63, 3.8) is 0 Å². The van der Waals surface area contributed by atoms with Crippen LogP contribution < -0.4 is 16.4 Å². The Morgan fingerprint density at radius 2 is 1.95 bits per heavy atom. The van der Waals surface area contributed by atoms with Crippen LogP contribution in [0.2, 0.25) is 0 Å². The third-order valence-corrected chi connectivity index (χ3v) is 3.08. The van der Waals surface area contributed by atoms with Gasteiger partial charge in [-0.25, -0.2) is 4.39 Å². The Kier molecular flexibility index (Phi) is 9.94. The van der Waals surface area contributed by atoms with Gasteiger partial charge < -0.3 is 16.4 Å². The van der Waals surface area contributed by atoms with Crippen molar-refractivity contribution >= 4 is 40.2 Å². The number of carbonyl (C=O) groups is 2. The number of amides is 2. The van der Waals surface area contributed by atoms with Gasteiger partial charge in [-0.3, -0.25) is 9.59 Å². The Balaban J connectivity index is 0.00000400. The second-order valence-electron chi connectivity index (χ2n) is 4.17. The highest BCUT2D eigenvalue weighted by atomic mass is 79.9. The summed E-state index contributed by atoms with van der Waals surface area (Å²) in [6.45, 7) is 0.186. The molecular weight excluding hydrogens is 365 g/mol. The van der Waals surface area contributed by atoms with Crippen molar-refractivity contribution in [2.24, 2.45) is 5.73 Å². The summed E-state index contributed by atoms with van der Waals surface area (Å²) in [6, 6.07) is 4.90. The lowest BCUT2D eigenvalue weighted by molar-refractivity contribution is -0.125. The fourth-order valence-electron chi connectivity index (χ4n) is 1.54. The van der Waals surface area contributed by atoms with Crippen molar-refractivity contribution < 1.29 is 14.0 Å². The number of rotatable bonds is 7. The van der Waals surface area contributed by atoms with E-state index in [1.54, 1.807) is 12.1 Å². The van der Waals surface area contributed by atoms with E-state index in [0.29, 0.717) is 29.4 Å². The monoisotopic (exact) mass is 381 g/mol. The van der Waals surface area contributed by atoms with Crippen molar-refractivity contribution in [3.05, 3.63) is 34.1 Å². The van der Waals surface area contributed by atoms with E-state index in [1.807, 2.05) is 0 Å². The number of nitrogens with two attached hydrogens (primary N) is 1. The minimum Gasteiger partial charge on any atom is -0.355 e. The Labute approximate surface area is 137 Å². The molecule has 0 heterocycles. The molecule has 1 rings (SSSR count). The summed E-state index contributed by atoms with van der Waals surface area (Å²) in [6.07, 6.45) is 1.16. The van der Waals surface area contributed by atoms with Crippen molar-refractivity contribution in [3.8, 4) is 0 Å². The molecule has 0 atom stereocenters. The molecule has 0 fully saturated rings. The predicted octanol–water partition coefficient (Wildman–Crippen LogP) is 1.13. The Morgan fingerprint density at radius 1 is 1.24 bits per heavy atom. The molecule has 1 aromatic carbocycles. The normalized spacial score (nSPS) is 9.67. The van der Waals surface area contributed by atoms with Crippen LogP contribution in [0.3, 0.4) is 0 Å². The summed E-state index contributed by atoms with van der Waals surface area (Å²) in [5, 5.41) is 5.00. The molecule has 0 aromatic heterocycles. The van der Waals surface area contributed by atoms with Crippen molar-refractivity contribution in [2.75, 3.05) is 19.6 Å². The van der Waals surface area contributed by atoms with Gasteiger partial charge in [-0.05, 0) is 30.5 Å². The topological polar surface area (TPSA) is 84.2 Å². The number of benzene rings is 1. The SMILES string of the molecule is Cl.NCC(=O)NCC(=O)NCCCc1ccc(Br)cc1F. The molecule has 0 saturated heterocycles. The third-order valence-electron chi connectivity index (χ3n) is 2.59. The lowest BCUT2D eigenvalue weighted by Crippen LogP contribution is -2.39. The number of hydrogen-bond acceptors (Lipinski definition) is 3. The van der Waals surface area contributed by atoms with Gasteiger partial charge in [-0.1, -0.05) is 22.0 Å². The molecule has 8 heteroatoms. The zero-order chi connectivity index (χ0) is 15.0. The molecule has 1 aromatic rings. The van der Waals surface area contributed by atoms with Crippen LogP contribution in [-0.4, -0.2) is 31.4 Å². The highest BCUT2D eigenvalue weighted by Gasteiger charge is 2.05. The van der Waals surface area contributed by atoms with Crippen LogP contribution in [0.1, 0.15) is 12.0 Å². The molecule has 0 bridgehead atoms. The molecule has 0 aliphatic carbocycles. The van der Waals surface area contributed by atoms with Crippen LogP contribution >= 0.6 is 28.3 Å². The molecule has 4 N–H and O–H groups in total. The maximum atomic E-state index is 13.5. The summed E-state index contributed by atoms with van der Waals surface area (Å²) in [7, 11) is 0. The van der Waals surface area contributed by atoms with Gasteiger partial charge in [0, 0.05) is 11.0 Å². The van der Waals surface area contributed by atoms with Gasteiger partial charge in [0.15, 0.2) is 0 Å². The molecule has 2 amide bonds. The van der Waals surface area contributed by atoms with Crippen molar-refractivity contribution in [1.82, 2.24) is 10.6 Å².